The number of hydrogen-bond acceptors (Lipinski definition) is 3. The molecule has 2 aliphatic carbocycles. The van der Waals surface area contributed by atoms with E-state index in [9.17, 15) is 15.0 Å². The van der Waals surface area contributed by atoms with E-state index in [1.165, 1.54) is 25.7 Å². The van der Waals surface area contributed by atoms with Gasteiger partial charge in [0, 0.05) is 6.42 Å². The molecule has 1 unspecified atom stereocenters. The Balaban J connectivity index is 1.81. The molecule has 2 rings (SSSR count). The molecule has 2 aliphatic rings. The van der Waals surface area contributed by atoms with E-state index in [4.69, 9.17) is 5.11 Å². The van der Waals surface area contributed by atoms with E-state index in [0.717, 1.165) is 38.0 Å². The average Bonchev–Trinajstić information content (AvgIpc) is 2.98. The van der Waals surface area contributed by atoms with Crippen LogP contribution < -0.4 is 0 Å². The summed E-state index contributed by atoms with van der Waals surface area (Å²) < 4.78 is 0. The van der Waals surface area contributed by atoms with Gasteiger partial charge in [0.1, 0.15) is 0 Å². The molecule has 4 nitrogen and oxygen atoms in total. The quantitative estimate of drug-likeness (QED) is 0.357. The van der Waals surface area contributed by atoms with E-state index in [0.29, 0.717) is 18.3 Å². The van der Waals surface area contributed by atoms with Crippen LogP contribution in [0, 0.1) is 23.7 Å². The Bertz CT molecular complexity index is 529. The van der Waals surface area contributed by atoms with Crippen molar-refractivity contribution in [2.75, 3.05) is 0 Å². The number of rotatable bonds is 10. The van der Waals surface area contributed by atoms with E-state index < -0.39 is 11.6 Å². The summed E-state index contributed by atoms with van der Waals surface area (Å²) in [6.45, 7) is 4.24. The van der Waals surface area contributed by atoms with Crippen LogP contribution in [0.5, 0.6) is 0 Å². The number of aliphatic carboxylic acids is 1. The van der Waals surface area contributed by atoms with E-state index in [2.05, 4.69) is 19.1 Å². The number of allylic oxidation sites excluding steroid dienone is 3. The zero-order chi connectivity index (χ0) is 20.6. The molecule has 2 fully saturated rings. The molecule has 28 heavy (non-hydrogen) atoms. The monoisotopic (exact) mass is 392 g/mol. The van der Waals surface area contributed by atoms with Crippen molar-refractivity contribution in [3.05, 3.63) is 24.3 Å². The van der Waals surface area contributed by atoms with Crippen LogP contribution in [-0.4, -0.2) is 33.0 Å². The number of aliphatic hydroxyl groups is 2. The molecule has 4 heteroatoms. The summed E-state index contributed by atoms with van der Waals surface area (Å²) in [4.78, 5) is 10.5. The van der Waals surface area contributed by atoms with Crippen molar-refractivity contribution >= 4 is 5.97 Å². The number of carboxylic acid groups (broad SMARTS) is 1. The second-order valence-corrected chi connectivity index (χ2v) is 9.51. The zero-order valence-electron chi connectivity index (χ0n) is 17.7. The third-order valence-electron chi connectivity index (χ3n) is 6.72. The maximum Gasteiger partial charge on any atom is 0.303 e. The number of carboxylic acids is 1. The maximum absolute atomic E-state index is 10.9. The normalized spacial score (nSPS) is 33.5. The summed E-state index contributed by atoms with van der Waals surface area (Å²) in [5, 5.41) is 29.9. The van der Waals surface area contributed by atoms with Crippen molar-refractivity contribution in [2.45, 2.75) is 96.2 Å². The standard InChI is InChI=1S/C24H40O4/c1-18-9-11-19(12-10-18)17-24(2,28)16-15-20-13-14-22(25)21(20)7-5-3-4-6-8-23(26)27/h3,5,15-16,18-22,25,28H,4,6-14,17H2,1-2H3,(H,26,27)/b5-3-,16-15+/t18?,19?,20-,21-,22+,24?/m1/s1. The van der Waals surface area contributed by atoms with Gasteiger partial charge in [0.25, 0.3) is 0 Å². The fourth-order valence-electron chi connectivity index (χ4n) is 4.91. The van der Waals surface area contributed by atoms with Gasteiger partial charge in [-0.3, -0.25) is 4.79 Å². The predicted molar refractivity (Wildman–Crippen MR) is 113 cm³/mol. The van der Waals surface area contributed by atoms with Gasteiger partial charge in [0.15, 0.2) is 0 Å². The first kappa shape index (κ1) is 23.2. The SMILES string of the molecule is CC1CCC(CC(C)(O)/C=C/[C@H]2CC[C@H](O)[C@@H]2C/C=C\CCCC(=O)O)CC1. The van der Waals surface area contributed by atoms with Gasteiger partial charge in [-0.05, 0) is 69.1 Å². The molecule has 0 saturated heterocycles. The Morgan fingerprint density at radius 2 is 1.82 bits per heavy atom. The van der Waals surface area contributed by atoms with Crippen LogP contribution in [0.4, 0.5) is 0 Å². The summed E-state index contributed by atoms with van der Waals surface area (Å²) in [6.07, 6.45) is 18.0. The summed E-state index contributed by atoms with van der Waals surface area (Å²) in [6, 6.07) is 0. The molecule has 160 valence electrons. The first-order chi connectivity index (χ1) is 13.3. The van der Waals surface area contributed by atoms with Crippen LogP contribution in [0.15, 0.2) is 24.3 Å². The van der Waals surface area contributed by atoms with Crippen LogP contribution in [-0.2, 0) is 4.79 Å². The molecule has 0 bridgehead atoms. The van der Waals surface area contributed by atoms with Gasteiger partial charge in [-0.2, -0.15) is 0 Å². The lowest BCUT2D eigenvalue weighted by atomic mass is 9.77. The van der Waals surface area contributed by atoms with Crippen molar-refractivity contribution in [3.8, 4) is 0 Å². The second-order valence-electron chi connectivity index (χ2n) is 9.51. The minimum Gasteiger partial charge on any atom is -0.481 e. The number of aliphatic hydroxyl groups excluding tert-OH is 1. The number of unbranched alkanes of at least 4 members (excludes halogenated alkanes) is 1. The molecule has 0 spiro atoms. The first-order valence-corrected chi connectivity index (χ1v) is 11.2. The number of hydrogen-bond donors (Lipinski definition) is 3. The van der Waals surface area contributed by atoms with E-state index >= 15 is 0 Å². The third-order valence-corrected chi connectivity index (χ3v) is 6.72. The van der Waals surface area contributed by atoms with Crippen molar-refractivity contribution in [3.63, 3.8) is 0 Å². The van der Waals surface area contributed by atoms with Gasteiger partial charge in [-0.25, -0.2) is 0 Å². The van der Waals surface area contributed by atoms with E-state index in [1.54, 1.807) is 0 Å². The van der Waals surface area contributed by atoms with Crippen LogP contribution in [0.2, 0.25) is 0 Å². The molecular weight excluding hydrogens is 352 g/mol. The first-order valence-electron chi connectivity index (χ1n) is 11.2. The summed E-state index contributed by atoms with van der Waals surface area (Å²) in [5.74, 6) is 1.19. The summed E-state index contributed by atoms with van der Waals surface area (Å²) in [7, 11) is 0. The molecule has 2 saturated carbocycles. The Labute approximate surface area is 170 Å². The van der Waals surface area contributed by atoms with Gasteiger partial charge in [0.2, 0.25) is 0 Å². The molecule has 0 aromatic carbocycles. The highest BCUT2D eigenvalue weighted by atomic mass is 16.4. The maximum atomic E-state index is 10.9. The molecular formula is C24H40O4. The highest BCUT2D eigenvalue weighted by Crippen LogP contribution is 2.38. The smallest absolute Gasteiger partial charge is 0.303 e. The largest absolute Gasteiger partial charge is 0.481 e. The fraction of sp³-hybridized carbons (Fsp3) is 0.792. The number of carbonyl (C=O) groups is 1. The summed E-state index contributed by atoms with van der Waals surface area (Å²) in [5.41, 5.74) is -0.768. The van der Waals surface area contributed by atoms with Gasteiger partial charge in [0.05, 0.1) is 11.7 Å². The van der Waals surface area contributed by atoms with Crippen molar-refractivity contribution in [2.24, 2.45) is 23.7 Å². The Morgan fingerprint density at radius 3 is 2.50 bits per heavy atom. The van der Waals surface area contributed by atoms with Gasteiger partial charge < -0.3 is 15.3 Å². The van der Waals surface area contributed by atoms with Gasteiger partial charge >= 0.3 is 5.97 Å². The molecule has 4 atom stereocenters. The Kier molecular flexibility index (Phi) is 9.23. The molecule has 0 aromatic rings. The molecule has 0 aliphatic heterocycles. The van der Waals surface area contributed by atoms with Crippen LogP contribution in [0.1, 0.15) is 84.5 Å². The molecule has 0 radical (unpaired) electrons. The highest BCUT2D eigenvalue weighted by Gasteiger charge is 2.33. The molecule has 0 aromatic heterocycles. The van der Waals surface area contributed by atoms with Crippen LogP contribution in [0.25, 0.3) is 0 Å². The van der Waals surface area contributed by atoms with Crippen molar-refractivity contribution in [1.29, 1.82) is 0 Å². The lowest BCUT2D eigenvalue weighted by Crippen LogP contribution is -2.27. The van der Waals surface area contributed by atoms with Crippen LogP contribution in [0.3, 0.4) is 0 Å². The second kappa shape index (κ2) is 11.2. The Morgan fingerprint density at radius 1 is 1.11 bits per heavy atom. The van der Waals surface area contributed by atoms with E-state index in [1.807, 2.05) is 19.1 Å². The molecule has 3 N–H and O–H groups in total. The van der Waals surface area contributed by atoms with Gasteiger partial charge in [-0.1, -0.05) is 56.9 Å². The highest BCUT2D eigenvalue weighted by molar-refractivity contribution is 5.66. The molecule has 0 heterocycles. The Hall–Kier alpha value is -1.13. The van der Waals surface area contributed by atoms with E-state index in [-0.39, 0.29) is 18.4 Å². The minimum absolute atomic E-state index is 0.193. The predicted octanol–water partition coefficient (Wildman–Crippen LogP) is 5.10. The van der Waals surface area contributed by atoms with Crippen LogP contribution >= 0.6 is 0 Å². The fourth-order valence-corrected chi connectivity index (χ4v) is 4.91. The van der Waals surface area contributed by atoms with Gasteiger partial charge in [-0.15, -0.1) is 0 Å². The van der Waals surface area contributed by atoms with Crippen molar-refractivity contribution < 1.29 is 20.1 Å². The lowest BCUT2D eigenvalue weighted by molar-refractivity contribution is -0.137. The topological polar surface area (TPSA) is 77.8 Å². The van der Waals surface area contributed by atoms with Crippen molar-refractivity contribution in [1.82, 2.24) is 0 Å². The lowest BCUT2D eigenvalue weighted by Gasteiger charge is -2.31. The average molecular weight is 393 g/mol. The third kappa shape index (κ3) is 8.08. The zero-order valence-corrected chi connectivity index (χ0v) is 17.7. The summed E-state index contributed by atoms with van der Waals surface area (Å²) >= 11 is 0. The minimum atomic E-state index is -0.768. The molecule has 0 amide bonds.